The van der Waals surface area contributed by atoms with Gasteiger partial charge in [-0.3, -0.25) is 9.59 Å². The van der Waals surface area contributed by atoms with Crippen LogP contribution in [0.3, 0.4) is 0 Å². The van der Waals surface area contributed by atoms with Gasteiger partial charge in [-0.25, -0.2) is 4.79 Å². The molecule has 0 fully saturated rings. The largest absolute Gasteiger partial charge is 0.490 e. The van der Waals surface area contributed by atoms with E-state index in [0.29, 0.717) is 11.3 Å². The number of esters is 1. The van der Waals surface area contributed by atoms with E-state index in [4.69, 9.17) is 9.47 Å². The van der Waals surface area contributed by atoms with Crippen molar-refractivity contribution in [1.29, 1.82) is 0 Å². The molecule has 0 aliphatic carbocycles. The quantitative estimate of drug-likeness (QED) is 0.616. The van der Waals surface area contributed by atoms with Gasteiger partial charge >= 0.3 is 5.97 Å². The second-order valence-corrected chi connectivity index (χ2v) is 8.50. The molecular weight excluding hydrogens is 384 g/mol. The van der Waals surface area contributed by atoms with Gasteiger partial charge in [0, 0.05) is 17.6 Å². The molecule has 0 aliphatic heterocycles. The third-order valence-electron chi connectivity index (χ3n) is 4.59. The average Bonchev–Trinajstić information content (AvgIpc) is 2.63. The number of methoxy groups -OCH3 is 1. The van der Waals surface area contributed by atoms with Crippen LogP contribution in [0, 0.1) is 5.92 Å². The van der Waals surface area contributed by atoms with Crippen LogP contribution in [0.2, 0.25) is 0 Å². The van der Waals surface area contributed by atoms with E-state index in [-0.39, 0.29) is 35.6 Å². The zero-order valence-corrected chi connectivity index (χ0v) is 19.6. The van der Waals surface area contributed by atoms with Gasteiger partial charge in [0.15, 0.2) is 0 Å². The standard InChI is InChI=1S/C23H36N2O5/c1-13(2)20(23(28)29-9)24-21(26)18-11-10-17(12-19(18)30-16(7)8)22(27)25(14(3)4)15(5)6/h10-16,20H,1-9H3,(H,24,26)/t20-/m0/s1. The highest BCUT2D eigenvalue weighted by Gasteiger charge is 2.28. The van der Waals surface area contributed by atoms with Gasteiger partial charge in [0.1, 0.15) is 11.8 Å². The third-order valence-corrected chi connectivity index (χ3v) is 4.59. The molecule has 1 aromatic rings. The van der Waals surface area contributed by atoms with Crippen molar-refractivity contribution in [3.8, 4) is 5.75 Å². The van der Waals surface area contributed by atoms with Crippen molar-refractivity contribution >= 4 is 17.8 Å². The lowest BCUT2D eigenvalue weighted by Crippen LogP contribution is -2.45. The number of carbonyl (C=O) groups is 3. The van der Waals surface area contributed by atoms with Crippen LogP contribution >= 0.6 is 0 Å². The summed E-state index contributed by atoms with van der Waals surface area (Å²) in [5.41, 5.74) is 0.702. The van der Waals surface area contributed by atoms with E-state index < -0.39 is 17.9 Å². The molecule has 1 atom stereocenters. The lowest BCUT2D eigenvalue weighted by Gasteiger charge is -2.31. The van der Waals surface area contributed by atoms with Crippen molar-refractivity contribution in [2.24, 2.45) is 5.92 Å². The lowest BCUT2D eigenvalue weighted by atomic mass is 10.0. The van der Waals surface area contributed by atoms with Crippen LogP contribution in [-0.2, 0) is 9.53 Å². The maximum Gasteiger partial charge on any atom is 0.328 e. The number of hydrogen-bond acceptors (Lipinski definition) is 5. The molecule has 0 radical (unpaired) electrons. The van der Waals surface area contributed by atoms with E-state index >= 15 is 0 Å². The molecule has 30 heavy (non-hydrogen) atoms. The van der Waals surface area contributed by atoms with Crippen LogP contribution in [0.5, 0.6) is 5.75 Å². The number of hydrogen-bond donors (Lipinski definition) is 1. The van der Waals surface area contributed by atoms with E-state index in [9.17, 15) is 14.4 Å². The Labute approximate surface area is 180 Å². The minimum absolute atomic E-state index is 0.0294. The number of amides is 2. The first-order chi connectivity index (χ1) is 13.9. The minimum Gasteiger partial charge on any atom is -0.490 e. The molecule has 0 spiro atoms. The highest BCUT2D eigenvalue weighted by atomic mass is 16.5. The van der Waals surface area contributed by atoms with Crippen molar-refractivity contribution in [2.45, 2.75) is 79.6 Å². The van der Waals surface area contributed by atoms with Crippen molar-refractivity contribution < 1.29 is 23.9 Å². The van der Waals surface area contributed by atoms with E-state index in [1.807, 2.05) is 55.4 Å². The third kappa shape index (κ3) is 6.47. The number of nitrogens with one attached hydrogen (secondary N) is 1. The average molecular weight is 421 g/mol. The highest BCUT2D eigenvalue weighted by molar-refractivity contribution is 6.01. The first-order valence-electron chi connectivity index (χ1n) is 10.4. The first-order valence-corrected chi connectivity index (χ1v) is 10.4. The Morgan fingerprint density at radius 1 is 0.933 bits per heavy atom. The summed E-state index contributed by atoms with van der Waals surface area (Å²) < 4.78 is 10.6. The Hall–Kier alpha value is -2.57. The highest BCUT2D eigenvalue weighted by Crippen LogP contribution is 2.24. The fraction of sp³-hybridized carbons (Fsp3) is 0.609. The zero-order valence-electron chi connectivity index (χ0n) is 19.6. The fourth-order valence-corrected chi connectivity index (χ4v) is 3.25. The normalized spacial score (nSPS) is 12.3. The molecule has 7 heteroatoms. The summed E-state index contributed by atoms with van der Waals surface area (Å²) in [7, 11) is 1.28. The van der Waals surface area contributed by atoms with Gasteiger partial charge in [0.2, 0.25) is 0 Å². The molecule has 1 aromatic carbocycles. The molecule has 1 N–H and O–H groups in total. The minimum atomic E-state index is -0.784. The fourth-order valence-electron chi connectivity index (χ4n) is 3.25. The molecular formula is C23H36N2O5. The summed E-state index contributed by atoms with van der Waals surface area (Å²) in [5, 5.41) is 2.72. The van der Waals surface area contributed by atoms with E-state index in [2.05, 4.69) is 5.32 Å². The summed E-state index contributed by atoms with van der Waals surface area (Å²) in [6.45, 7) is 15.2. The number of ether oxygens (including phenoxy) is 2. The van der Waals surface area contributed by atoms with E-state index in [0.717, 1.165) is 0 Å². The van der Waals surface area contributed by atoms with Gasteiger partial charge in [-0.15, -0.1) is 0 Å². The predicted molar refractivity (Wildman–Crippen MR) is 117 cm³/mol. The Morgan fingerprint density at radius 2 is 1.50 bits per heavy atom. The number of carbonyl (C=O) groups excluding carboxylic acids is 3. The summed E-state index contributed by atoms with van der Waals surface area (Å²) in [4.78, 5) is 39.8. The second kappa shape index (κ2) is 11.0. The Kier molecular flexibility index (Phi) is 9.33. The molecule has 0 unspecified atom stereocenters. The zero-order chi connectivity index (χ0) is 23.2. The van der Waals surface area contributed by atoms with Crippen molar-refractivity contribution in [3.05, 3.63) is 29.3 Å². The van der Waals surface area contributed by atoms with Crippen LogP contribution in [-0.4, -0.2) is 54.0 Å². The molecule has 7 nitrogen and oxygen atoms in total. The molecule has 0 bridgehead atoms. The smallest absolute Gasteiger partial charge is 0.328 e. The summed E-state index contributed by atoms with van der Waals surface area (Å²) in [5.74, 6) is -0.954. The van der Waals surface area contributed by atoms with Crippen molar-refractivity contribution in [1.82, 2.24) is 10.2 Å². The Bertz CT molecular complexity index is 748. The van der Waals surface area contributed by atoms with Gasteiger partial charge in [0.25, 0.3) is 11.8 Å². The van der Waals surface area contributed by atoms with E-state index in [1.165, 1.54) is 7.11 Å². The van der Waals surface area contributed by atoms with Crippen molar-refractivity contribution in [2.75, 3.05) is 7.11 Å². The number of benzene rings is 1. The van der Waals surface area contributed by atoms with Gasteiger partial charge in [-0.1, -0.05) is 13.8 Å². The van der Waals surface area contributed by atoms with Crippen molar-refractivity contribution in [3.63, 3.8) is 0 Å². The van der Waals surface area contributed by atoms with Gasteiger partial charge < -0.3 is 19.7 Å². The molecule has 0 heterocycles. The lowest BCUT2D eigenvalue weighted by molar-refractivity contribution is -0.144. The Morgan fingerprint density at radius 3 is 1.93 bits per heavy atom. The molecule has 0 aliphatic rings. The molecule has 2 amide bonds. The van der Waals surface area contributed by atoms with Gasteiger partial charge in [-0.05, 0) is 65.7 Å². The second-order valence-electron chi connectivity index (χ2n) is 8.50. The maximum atomic E-state index is 13.1. The topological polar surface area (TPSA) is 84.9 Å². The van der Waals surface area contributed by atoms with Gasteiger partial charge in [-0.2, -0.15) is 0 Å². The van der Waals surface area contributed by atoms with Crippen LogP contribution in [0.15, 0.2) is 18.2 Å². The monoisotopic (exact) mass is 420 g/mol. The van der Waals surface area contributed by atoms with Crippen LogP contribution in [0.25, 0.3) is 0 Å². The SMILES string of the molecule is COC(=O)[C@@H](NC(=O)c1ccc(C(=O)N(C(C)C)C(C)C)cc1OC(C)C)C(C)C. The Balaban J connectivity index is 3.32. The molecule has 168 valence electrons. The number of nitrogens with zero attached hydrogens (tertiary/aromatic N) is 1. The predicted octanol–water partition coefficient (Wildman–Crippen LogP) is 3.66. The van der Waals surface area contributed by atoms with Crippen LogP contribution in [0.4, 0.5) is 0 Å². The summed E-state index contributed by atoms with van der Waals surface area (Å²) >= 11 is 0. The summed E-state index contributed by atoms with van der Waals surface area (Å²) in [6.07, 6.45) is -0.199. The first kappa shape index (κ1) is 25.5. The molecule has 0 aromatic heterocycles. The summed E-state index contributed by atoms with van der Waals surface area (Å²) in [6, 6.07) is 4.05. The van der Waals surface area contributed by atoms with Crippen LogP contribution in [0.1, 0.15) is 76.1 Å². The molecule has 1 rings (SSSR count). The number of rotatable bonds is 9. The molecule has 0 saturated carbocycles. The van der Waals surface area contributed by atoms with Gasteiger partial charge in [0.05, 0.1) is 18.8 Å². The van der Waals surface area contributed by atoms with Crippen LogP contribution < -0.4 is 10.1 Å². The maximum absolute atomic E-state index is 13.1. The van der Waals surface area contributed by atoms with E-state index in [1.54, 1.807) is 23.1 Å². The molecule has 0 saturated heterocycles.